The normalized spacial score (nSPS) is 11.8. The van der Waals surface area contributed by atoms with E-state index in [1.165, 1.54) is 18.2 Å². The Labute approximate surface area is 145 Å². The summed E-state index contributed by atoms with van der Waals surface area (Å²) in [5.74, 6) is -0.360. The number of amidine groups is 1. The molecule has 4 nitrogen and oxygen atoms in total. The van der Waals surface area contributed by atoms with Gasteiger partial charge in [0.25, 0.3) is 0 Å². The van der Waals surface area contributed by atoms with Gasteiger partial charge in [-0.3, -0.25) is 5.32 Å². The van der Waals surface area contributed by atoms with Crippen molar-refractivity contribution in [3.05, 3.63) is 53.8 Å². The van der Waals surface area contributed by atoms with E-state index < -0.39 is 17.6 Å². The van der Waals surface area contributed by atoms with Crippen LogP contribution in [0.25, 0.3) is 0 Å². The fourth-order valence-corrected chi connectivity index (χ4v) is 2.16. The summed E-state index contributed by atoms with van der Waals surface area (Å²) in [4.78, 5) is 3.81. The monoisotopic (exact) mass is 369 g/mol. The number of hydrogen-bond donors (Lipinski definition) is 1. The van der Waals surface area contributed by atoms with Gasteiger partial charge in [-0.25, -0.2) is 9.38 Å². The standard InChI is InChI=1S/C16H11F4N3OS/c1-25-15(22-9-21)23-14-7-6-12(8-13(14)16(18,19)20)24-11-4-2-10(17)3-5-11/h2-8H,1H3,(H,22,23). The van der Waals surface area contributed by atoms with Crippen LogP contribution in [0.5, 0.6) is 11.5 Å². The fourth-order valence-electron chi connectivity index (χ4n) is 1.82. The molecule has 0 amide bonds. The molecule has 2 rings (SSSR count). The third-order valence-corrected chi connectivity index (χ3v) is 3.48. The second kappa shape index (κ2) is 7.90. The van der Waals surface area contributed by atoms with E-state index in [2.05, 4.69) is 10.3 Å². The van der Waals surface area contributed by atoms with Crippen LogP contribution in [0.2, 0.25) is 0 Å². The van der Waals surface area contributed by atoms with E-state index in [9.17, 15) is 17.6 Å². The van der Waals surface area contributed by atoms with Gasteiger partial charge in [0.05, 0.1) is 11.3 Å². The first-order chi connectivity index (χ1) is 11.8. The number of hydrogen-bond acceptors (Lipinski definition) is 4. The number of rotatable bonds is 3. The summed E-state index contributed by atoms with van der Waals surface area (Å²) < 4.78 is 58.1. The maximum atomic E-state index is 13.3. The Morgan fingerprint density at radius 1 is 1.16 bits per heavy atom. The highest BCUT2D eigenvalue weighted by atomic mass is 32.2. The molecule has 0 aliphatic carbocycles. The molecule has 2 aromatic carbocycles. The third-order valence-electron chi connectivity index (χ3n) is 2.90. The van der Waals surface area contributed by atoms with E-state index in [0.29, 0.717) is 0 Å². The summed E-state index contributed by atoms with van der Waals surface area (Å²) >= 11 is 0.999. The molecule has 9 heteroatoms. The lowest BCUT2D eigenvalue weighted by Crippen LogP contribution is -2.13. The SMILES string of the molecule is CSC(=Nc1ccc(Oc2ccc(F)cc2)cc1C(F)(F)F)NC#N. The fraction of sp³-hybridized carbons (Fsp3) is 0.125. The summed E-state index contributed by atoms with van der Waals surface area (Å²) in [6.45, 7) is 0. The molecule has 2 aromatic rings. The van der Waals surface area contributed by atoms with Crippen molar-refractivity contribution in [2.75, 3.05) is 6.26 Å². The minimum Gasteiger partial charge on any atom is -0.457 e. The van der Waals surface area contributed by atoms with Gasteiger partial charge < -0.3 is 4.74 Å². The van der Waals surface area contributed by atoms with E-state index in [4.69, 9.17) is 10.00 Å². The number of nitriles is 1. The Bertz CT molecular complexity index is 814. The molecule has 0 aliphatic rings. The van der Waals surface area contributed by atoms with Gasteiger partial charge in [0.15, 0.2) is 11.4 Å². The van der Waals surface area contributed by atoms with E-state index in [0.717, 1.165) is 36.0 Å². The van der Waals surface area contributed by atoms with Crippen LogP contribution in [0.3, 0.4) is 0 Å². The minimum atomic E-state index is -4.67. The summed E-state index contributed by atoms with van der Waals surface area (Å²) in [7, 11) is 0. The van der Waals surface area contributed by atoms with Gasteiger partial charge in [-0.05, 0) is 48.7 Å². The molecule has 25 heavy (non-hydrogen) atoms. The molecule has 0 bridgehead atoms. The second-order valence-electron chi connectivity index (χ2n) is 4.59. The zero-order valence-corrected chi connectivity index (χ0v) is 13.6. The smallest absolute Gasteiger partial charge is 0.418 e. The molecule has 130 valence electrons. The summed E-state index contributed by atoms with van der Waals surface area (Å²) in [6, 6.07) is 8.12. The van der Waals surface area contributed by atoms with Gasteiger partial charge in [0, 0.05) is 0 Å². The molecule has 0 saturated carbocycles. The number of halogens is 4. The van der Waals surface area contributed by atoms with E-state index in [-0.39, 0.29) is 22.4 Å². The average Bonchev–Trinajstić information content (AvgIpc) is 2.56. The van der Waals surface area contributed by atoms with Crippen molar-refractivity contribution in [1.29, 1.82) is 5.26 Å². The maximum absolute atomic E-state index is 13.3. The highest BCUT2D eigenvalue weighted by molar-refractivity contribution is 8.13. The second-order valence-corrected chi connectivity index (χ2v) is 5.39. The minimum absolute atomic E-state index is 0.0280. The highest BCUT2D eigenvalue weighted by Crippen LogP contribution is 2.39. The van der Waals surface area contributed by atoms with Crippen LogP contribution in [-0.4, -0.2) is 11.4 Å². The predicted octanol–water partition coefficient (Wildman–Crippen LogP) is 5.06. The van der Waals surface area contributed by atoms with E-state index >= 15 is 0 Å². The number of ether oxygens (including phenoxy) is 1. The number of thioether (sulfide) groups is 1. The van der Waals surface area contributed by atoms with Crippen LogP contribution in [-0.2, 0) is 6.18 Å². The summed E-state index contributed by atoms with van der Waals surface area (Å²) in [5, 5.41) is 10.8. The first-order valence-electron chi connectivity index (χ1n) is 6.76. The topological polar surface area (TPSA) is 57.4 Å². The molecule has 0 aliphatic heterocycles. The first kappa shape index (κ1) is 18.6. The van der Waals surface area contributed by atoms with Crippen molar-refractivity contribution in [3.8, 4) is 17.7 Å². The summed E-state index contributed by atoms with van der Waals surface area (Å²) in [6.07, 6.45) is -1.49. The van der Waals surface area contributed by atoms with E-state index in [1.54, 1.807) is 12.4 Å². The number of alkyl halides is 3. The zero-order chi connectivity index (χ0) is 18.4. The van der Waals surface area contributed by atoms with Crippen LogP contribution in [0.1, 0.15) is 5.56 Å². The lowest BCUT2D eigenvalue weighted by atomic mass is 10.1. The largest absolute Gasteiger partial charge is 0.457 e. The molecule has 0 unspecified atom stereocenters. The first-order valence-corrected chi connectivity index (χ1v) is 7.98. The molecule has 0 fully saturated rings. The molecule has 0 radical (unpaired) electrons. The lowest BCUT2D eigenvalue weighted by molar-refractivity contribution is -0.137. The van der Waals surface area contributed by atoms with Gasteiger partial charge >= 0.3 is 6.18 Å². The lowest BCUT2D eigenvalue weighted by Gasteiger charge is -2.13. The molecule has 0 heterocycles. The predicted molar refractivity (Wildman–Crippen MR) is 87.3 cm³/mol. The molecule has 0 saturated heterocycles. The third kappa shape index (κ3) is 5.12. The van der Waals surface area contributed by atoms with Crippen LogP contribution >= 0.6 is 11.8 Å². The van der Waals surface area contributed by atoms with E-state index in [1.807, 2.05) is 0 Å². The van der Waals surface area contributed by atoms with Gasteiger partial charge in [-0.1, -0.05) is 11.8 Å². The van der Waals surface area contributed by atoms with Crippen molar-refractivity contribution in [3.63, 3.8) is 0 Å². The van der Waals surface area contributed by atoms with Gasteiger partial charge in [0.1, 0.15) is 17.3 Å². The van der Waals surface area contributed by atoms with Crippen molar-refractivity contribution in [2.45, 2.75) is 6.18 Å². The molecule has 0 atom stereocenters. The van der Waals surface area contributed by atoms with Crippen molar-refractivity contribution in [2.24, 2.45) is 4.99 Å². The maximum Gasteiger partial charge on any atom is 0.418 e. The van der Waals surface area contributed by atoms with Gasteiger partial charge in [-0.2, -0.15) is 18.4 Å². The molecular weight excluding hydrogens is 358 g/mol. The molecular formula is C16H11F4N3OS. The Morgan fingerprint density at radius 2 is 1.80 bits per heavy atom. The Hall–Kier alpha value is -2.73. The van der Waals surface area contributed by atoms with Crippen molar-refractivity contribution in [1.82, 2.24) is 5.32 Å². The van der Waals surface area contributed by atoms with Crippen molar-refractivity contribution < 1.29 is 22.3 Å². The zero-order valence-electron chi connectivity index (χ0n) is 12.8. The van der Waals surface area contributed by atoms with Crippen LogP contribution in [0, 0.1) is 17.3 Å². The molecule has 0 aromatic heterocycles. The summed E-state index contributed by atoms with van der Waals surface area (Å²) in [5.41, 5.74) is -1.37. The Balaban J connectivity index is 2.40. The number of nitrogens with zero attached hydrogens (tertiary/aromatic N) is 2. The van der Waals surface area contributed by atoms with Crippen molar-refractivity contribution >= 4 is 22.6 Å². The average molecular weight is 369 g/mol. The van der Waals surface area contributed by atoms with Crippen LogP contribution in [0.15, 0.2) is 47.5 Å². The van der Waals surface area contributed by atoms with Gasteiger partial charge in [0.2, 0.25) is 0 Å². The Morgan fingerprint density at radius 3 is 2.36 bits per heavy atom. The highest BCUT2D eigenvalue weighted by Gasteiger charge is 2.34. The number of nitrogens with one attached hydrogen (secondary N) is 1. The number of benzene rings is 2. The van der Waals surface area contributed by atoms with Crippen LogP contribution in [0.4, 0.5) is 23.2 Å². The molecule has 0 spiro atoms. The molecule has 1 N–H and O–H groups in total. The van der Waals surface area contributed by atoms with Crippen LogP contribution < -0.4 is 10.1 Å². The quantitative estimate of drug-likeness (QED) is 0.270. The van der Waals surface area contributed by atoms with Gasteiger partial charge in [-0.15, -0.1) is 0 Å². The number of aliphatic imine (C=N–C) groups is 1. The Kier molecular flexibility index (Phi) is 5.88.